The summed E-state index contributed by atoms with van der Waals surface area (Å²) >= 11 is 0. The Morgan fingerprint density at radius 1 is 1.21 bits per heavy atom. The second-order valence-electron chi connectivity index (χ2n) is 3.44. The Hall–Kier alpha value is -2.83. The monoisotopic (exact) mass is 263 g/mol. The molecule has 0 radical (unpaired) electrons. The van der Waals surface area contributed by atoms with Crippen LogP contribution in [-0.2, 0) is 9.53 Å². The molecule has 0 spiro atoms. The van der Waals surface area contributed by atoms with E-state index >= 15 is 0 Å². The molecular formula is C12H9NO6. The summed E-state index contributed by atoms with van der Waals surface area (Å²) in [6, 6.07) is 4.31. The normalized spacial score (nSPS) is 9.89. The number of amides is 2. The van der Waals surface area contributed by atoms with Crippen LogP contribution >= 0.6 is 0 Å². The maximum absolute atomic E-state index is 11.4. The highest BCUT2D eigenvalue weighted by Crippen LogP contribution is 2.02. The van der Waals surface area contributed by atoms with Crippen molar-refractivity contribution in [2.45, 2.75) is 0 Å². The van der Waals surface area contributed by atoms with Gasteiger partial charge in [0.05, 0.1) is 18.1 Å². The van der Waals surface area contributed by atoms with Gasteiger partial charge in [0, 0.05) is 0 Å². The van der Waals surface area contributed by atoms with E-state index in [-0.39, 0.29) is 11.3 Å². The molecule has 2 aromatic heterocycles. The van der Waals surface area contributed by atoms with Crippen molar-refractivity contribution in [3.8, 4) is 0 Å². The van der Waals surface area contributed by atoms with Crippen molar-refractivity contribution in [2.75, 3.05) is 6.61 Å². The average molecular weight is 263 g/mol. The SMILES string of the molecule is O=C(COC(=O)c1ccoc1)NC(=O)c1ccco1. The second kappa shape index (κ2) is 5.67. The first-order valence-corrected chi connectivity index (χ1v) is 5.24. The van der Waals surface area contributed by atoms with Crippen LogP contribution in [0.2, 0.25) is 0 Å². The van der Waals surface area contributed by atoms with E-state index in [1.165, 1.54) is 37.0 Å². The predicted molar refractivity (Wildman–Crippen MR) is 60.2 cm³/mol. The molecule has 2 heterocycles. The lowest BCUT2D eigenvalue weighted by Gasteiger charge is -2.03. The van der Waals surface area contributed by atoms with E-state index < -0.39 is 24.4 Å². The summed E-state index contributed by atoms with van der Waals surface area (Å²) in [6.07, 6.45) is 3.80. The molecule has 2 aromatic rings. The highest BCUT2D eigenvalue weighted by atomic mass is 16.5. The van der Waals surface area contributed by atoms with E-state index in [2.05, 4.69) is 9.15 Å². The molecule has 7 nitrogen and oxygen atoms in total. The van der Waals surface area contributed by atoms with Gasteiger partial charge in [-0.2, -0.15) is 0 Å². The second-order valence-corrected chi connectivity index (χ2v) is 3.44. The standard InChI is InChI=1S/C12H9NO6/c14-10(13-11(15)9-2-1-4-18-9)7-19-12(16)8-3-5-17-6-8/h1-6H,7H2,(H,13,14,15). The van der Waals surface area contributed by atoms with Crippen molar-refractivity contribution in [2.24, 2.45) is 0 Å². The van der Waals surface area contributed by atoms with Gasteiger partial charge in [0.15, 0.2) is 12.4 Å². The molecule has 7 heteroatoms. The van der Waals surface area contributed by atoms with Gasteiger partial charge in [-0.1, -0.05) is 0 Å². The zero-order chi connectivity index (χ0) is 13.7. The van der Waals surface area contributed by atoms with Gasteiger partial charge in [-0.15, -0.1) is 0 Å². The van der Waals surface area contributed by atoms with Crippen LogP contribution in [-0.4, -0.2) is 24.4 Å². The molecule has 98 valence electrons. The van der Waals surface area contributed by atoms with Gasteiger partial charge in [0.25, 0.3) is 11.8 Å². The number of rotatable bonds is 4. The van der Waals surface area contributed by atoms with E-state index in [1.807, 2.05) is 5.32 Å². The number of esters is 1. The van der Waals surface area contributed by atoms with Crippen LogP contribution < -0.4 is 5.32 Å². The van der Waals surface area contributed by atoms with E-state index in [0.29, 0.717) is 0 Å². The molecule has 0 aliphatic carbocycles. The first kappa shape index (κ1) is 12.6. The first-order chi connectivity index (χ1) is 9.16. The number of nitrogens with one attached hydrogen (secondary N) is 1. The molecule has 0 bridgehead atoms. The number of imide groups is 1. The molecule has 1 N–H and O–H groups in total. The lowest BCUT2D eigenvalue weighted by molar-refractivity contribution is -0.123. The summed E-state index contributed by atoms with van der Waals surface area (Å²) in [7, 11) is 0. The van der Waals surface area contributed by atoms with Crippen molar-refractivity contribution < 1.29 is 28.0 Å². The fourth-order valence-corrected chi connectivity index (χ4v) is 1.23. The summed E-state index contributed by atoms with van der Waals surface area (Å²) in [4.78, 5) is 34.1. The van der Waals surface area contributed by atoms with Crippen LogP contribution in [0.15, 0.2) is 45.8 Å². The van der Waals surface area contributed by atoms with E-state index in [9.17, 15) is 14.4 Å². The van der Waals surface area contributed by atoms with Crippen LogP contribution in [0.3, 0.4) is 0 Å². The Balaban J connectivity index is 1.79. The molecule has 0 saturated heterocycles. The average Bonchev–Trinajstić information content (AvgIpc) is 3.07. The number of furan rings is 2. The quantitative estimate of drug-likeness (QED) is 0.826. The lowest BCUT2D eigenvalue weighted by atomic mass is 10.3. The van der Waals surface area contributed by atoms with Crippen LogP contribution in [0.25, 0.3) is 0 Å². The van der Waals surface area contributed by atoms with E-state index in [0.717, 1.165) is 0 Å². The van der Waals surface area contributed by atoms with Gasteiger partial charge in [0.2, 0.25) is 0 Å². The van der Waals surface area contributed by atoms with Crippen molar-refractivity contribution in [3.05, 3.63) is 48.3 Å². The Bertz CT molecular complexity index is 569. The summed E-state index contributed by atoms with van der Waals surface area (Å²) in [6.45, 7) is -0.573. The molecule has 0 aliphatic rings. The minimum absolute atomic E-state index is 0.00508. The van der Waals surface area contributed by atoms with Crippen LogP contribution in [0, 0.1) is 0 Å². The maximum atomic E-state index is 11.4. The zero-order valence-corrected chi connectivity index (χ0v) is 9.62. The van der Waals surface area contributed by atoms with Gasteiger partial charge < -0.3 is 13.6 Å². The van der Waals surface area contributed by atoms with Gasteiger partial charge in [-0.3, -0.25) is 14.9 Å². The molecule has 0 fully saturated rings. The van der Waals surface area contributed by atoms with E-state index in [4.69, 9.17) is 4.42 Å². The highest BCUT2D eigenvalue weighted by Gasteiger charge is 2.15. The van der Waals surface area contributed by atoms with Crippen LogP contribution in [0.1, 0.15) is 20.9 Å². The van der Waals surface area contributed by atoms with Gasteiger partial charge in [-0.05, 0) is 18.2 Å². The molecule has 2 rings (SSSR count). The van der Waals surface area contributed by atoms with E-state index in [1.54, 1.807) is 0 Å². The Morgan fingerprint density at radius 3 is 2.68 bits per heavy atom. The number of hydrogen-bond donors (Lipinski definition) is 1. The van der Waals surface area contributed by atoms with Gasteiger partial charge >= 0.3 is 5.97 Å². The fraction of sp³-hybridized carbons (Fsp3) is 0.0833. The number of hydrogen-bond acceptors (Lipinski definition) is 6. The minimum atomic E-state index is -0.752. The fourth-order valence-electron chi connectivity index (χ4n) is 1.23. The predicted octanol–water partition coefficient (Wildman–Crippen LogP) is 0.986. The van der Waals surface area contributed by atoms with Gasteiger partial charge in [0.1, 0.15) is 6.26 Å². The highest BCUT2D eigenvalue weighted by molar-refractivity contribution is 6.04. The largest absolute Gasteiger partial charge is 0.472 e. The van der Waals surface area contributed by atoms with Crippen LogP contribution in [0.4, 0.5) is 0 Å². The summed E-state index contributed by atoms with van der Waals surface area (Å²) in [5.74, 6) is -2.17. The summed E-state index contributed by atoms with van der Waals surface area (Å²) < 4.78 is 14.2. The maximum Gasteiger partial charge on any atom is 0.341 e. The lowest BCUT2D eigenvalue weighted by Crippen LogP contribution is -2.33. The summed E-state index contributed by atoms with van der Waals surface area (Å²) in [5, 5.41) is 2.01. The minimum Gasteiger partial charge on any atom is -0.472 e. The molecule has 0 atom stereocenters. The third-order valence-electron chi connectivity index (χ3n) is 2.09. The Labute approximate surface area is 107 Å². The molecule has 0 unspecified atom stereocenters. The number of carbonyl (C=O) groups excluding carboxylic acids is 3. The molecule has 2 amide bonds. The van der Waals surface area contributed by atoms with Crippen molar-refractivity contribution in [1.29, 1.82) is 0 Å². The summed E-state index contributed by atoms with van der Waals surface area (Å²) in [5.41, 5.74) is 0.185. The van der Waals surface area contributed by atoms with Gasteiger partial charge in [-0.25, -0.2) is 4.79 Å². The molecular weight excluding hydrogens is 254 g/mol. The zero-order valence-electron chi connectivity index (χ0n) is 9.62. The first-order valence-electron chi connectivity index (χ1n) is 5.24. The van der Waals surface area contributed by atoms with Crippen LogP contribution in [0.5, 0.6) is 0 Å². The molecule has 0 aromatic carbocycles. The topological polar surface area (TPSA) is 98.8 Å². The third kappa shape index (κ3) is 3.32. The number of carbonyl (C=O) groups is 3. The Kier molecular flexibility index (Phi) is 3.77. The van der Waals surface area contributed by atoms with Crippen molar-refractivity contribution in [3.63, 3.8) is 0 Å². The van der Waals surface area contributed by atoms with Crippen molar-refractivity contribution >= 4 is 17.8 Å². The van der Waals surface area contributed by atoms with Crippen molar-refractivity contribution in [1.82, 2.24) is 5.32 Å². The molecule has 0 aliphatic heterocycles. The smallest absolute Gasteiger partial charge is 0.341 e. The number of ether oxygens (including phenoxy) is 1. The molecule has 19 heavy (non-hydrogen) atoms. The third-order valence-corrected chi connectivity index (χ3v) is 2.09. The molecule has 0 saturated carbocycles. The Morgan fingerprint density at radius 2 is 2.05 bits per heavy atom.